The zero-order valence-electron chi connectivity index (χ0n) is 19.3. The molecule has 4 nitrogen and oxygen atoms in total. The van der Waals surface area contributed by atoms with E-state index < -0.39 is 0 Å². The molecule has 1 amide bonds. The fourth-order valence-corrected chi connectivity index (χ4v) is 4.14. The summed E-state index contributed by atoms with van der Waals surface area (Å²) >= 11 is 0. The van der Waals surface area contributed by atoms with E-state index in [-0.39, 0.29) is 5.91 Å². The summed E-state index contributed by atoms with van der Waals surface area (Å²) in [6.45, 7) is 0.992. The molecule has 0 atom stereocenters. The fraction of sp³-hybridized carbons (Fsp3) is 0.0645. The van der Waals surface area contributed by atoms with E-state index in [1.807, 2.05) is 95.9 Å². The minimum Gasteiger partial charge on any atom is -0.330 e. The highest BCUT2D eigenvalue weighted by atomic mass is 16.2. The van der Waals surface area contributed by atoms with Gasteiger partial charge in [0.1, 0.15) is 0 Å². The quantitative estimate of drug-likeness (QED) is 0.276. The van der Waals surface area contributed by atoms with Gasteiger partial charge < -0.3 is 4.90 Å². The lowest BCUT2D eigenvalue weighted by molar-refractivity contribution is 0.0730. The van der Waals surface area contributed by atoms with Crippen molar-refractivity contribution in [1.29, 1.82) is 0 Å². The summed E-state index contributed by atoms with van der Waals surface area (Å²) in [6, 6.07) is 38.0. The Morgan fingerprint density at radius 1 is 0.629 bits per heavy atom. The highest BCUT2D eigenvalue weighted by molar-refractivity contribution is 5.94. The maximum atomic E-state index is 13.7. The van der Waals surface area contributed by atoms with Crippen LogP contribution in [0.5, 0.6) is 0 Å². The van der Waals surface area contributed by atoms with Crippen molar-refractivity contribution in [3.63, 3.8) is 0 Å². The van der Waals surface area contributed by atoms with Crippen LogP contribution in [0.3, 0.4) is 0 Å². The summed E-state index contributed by atoms with van der Waals surface area (Å²) in [5, 5.41) is 0. The number of benzene rings is 3. The maximum absolute atomic E-state index is 13.7. The van der Waals surface area contributed by atoms with Gasteiger partial charge in [-0.05, 0) is 46.5 Å². The highest BCUT2D eigenvalue weighted by Gasteiger charge is 2.19. The molecule has 0 N–H and O–H groups in total. The highest BCUT2D eigenvalue weighted by Crippen LogP contribution is 2.26. The first-order valence-corrected chi connectivity index (χ1v) is 11.6. The number of aromatic nitrogens is 2. The van der Waals surface area contributed by atoms with Gasteiger partial charge in [0.15, 0.2) is 0 Å². The van der Waals surface area contributed by atoms with Crippen LogP contribution in [-0.2, 0) is 13.1 Å². The van der Waals surface area contributed by atoms with Crippen LogP contribution in [-0.4, -0.2) is 20.8 Å². The van der Waals surface area contributed by atoms with E-state index in [0.717, 1.165) is 33.6 Å². The Bertz CT molecular complexity index is 1390. The lowest BCUT2D eigenvalue weighted by atomic mass is 9.99. The van der Waals surface area contributed by atoms with Gasteiger partial charge in [-0.2, -0.15) is 0 Å². The molecule has 35 heavy (non-hydrogen) atoms. The van der Waals surface area contributed by atoms with Crippen LogP contribution in [0, 0.1) is 0 Å². The molecule has 0 saturated carbocycles. The van der Waals surface area contributed by atoms with Gasteiger partial charge >= 0.3 is 0 Å². The molecule has 0 bridgehead atoms. The minimum atomic E-state index is -0.0585. The Hall–Kier alpha value is -4.57. The molecule has 4 heteroatoms. The Kier molecular flexibility index (Phi) is 6.72. The molecule has 0 aliphatic rings. The van der Waals surface area contributed by atoms with Crippen molar-refractivity contribution < 1.29 is 4.79 Å². The standard InChI is InChI=1S/C31H25N3O/c35-31(26-18-19-30(33-21-26)29-17-9-10-20-32-29)34(22-24-11-3-1-4-12-24)23-27-15-7-8-16-28(27)25-13-5-2-6-14-25/h1-21H,22-23H2. The van der Waals surface area contributed by atoms with Crippen LogP contribution < -0.4 is 0 Å². The fourth-order valence-electron chi connectivity index (χ4n) is 4.14. The molecule has 0 aliphatic heterocycles. The lowest BCUT2D eigenvalue weighted by Crippen LogP contribution is -2.30. The summed E-state index contributed by atoms with van der Waals surface area (Å²) in [4.78, 5) is 24.5. The molecule has 3 aromatic carbocycles. The summed E-state index contributed by atoms with van der Waals surface area (Å²) < 4.78 is 0. The molecule has 0 radical (unpaired) electrons. The van der Waals surface area contributed by atoms with Gasteiger partial charge in [-0.1, -0.05) is 91.0 Å². The summed E-state index contributed by atoms with van der Waals surface area (Å²) in [5.74, 6) is -0.0585. The molecule has 2 heterocycles. The molecule has 170 valence electrons. The Balaban J connectivity index is 1.46. The number of rotatable bonds is 7. The summed E-state index contributed by atoms with van der Waals surface area (Å²) in [7, 11) is 0. The number of nitrogens with zero attached hydrogens (tertiary/aromatic N) is 3. The van der Waals surface area contributed by atoms with Crippen LogP contribution in [0.1, 0.15) is 21.5 Å². The Morgan fingerprint density at radius 2 is 1.31 bits per heavy atom. The molecule has 0 fully saturated rings. The van der Waals surface area contributed by atoms with Crippen molar-refractivity contribution in [1.82, 2.24) is 14.9 Å². The van der Waals surface area contributed by atoms with Gasteiger partial charge in [0.25, 0.3) is 5.91 Å². The first kappa shape index (κ1) is 22.2. The van der Waals surface area contributed by atoms with E-state index in [0.29, 0.717) is 18.7 Å². The molecule has 0 spiro atoms. The van der Waals surface area contributed by atoms with E-state index in [4.69, 9.17) is 0 Å². The van der Waals surface area contributed by atoms with Crippen molar-refractivity contribution in [2.24, 2.45) is 0 Å². The molecule has 0 saturated heterocycles. The Morgan fingerprint density at radius 3 is 2.03 bits per heavy atom. The van der Waals surface area contributed by atoms with Crippen LogP contribution in [0.2, 0.25) is 0 Å². The van der Waals surface area contributed by atoms with E-state index in [1.165, 1.54) is 0 Å². The second kappa shape index (κ2) is 10.6. The molecule has 0 unspecified atom stereocenters. The van der Waals surface area contributed by atoms with Gasteiger partial charge in [0.05, 0.1) is 17.0 Å². The Labute approximate surface area is 205 Å². The monoisotopic (exact) mass is 455 g/mol. The topological polar surface area (TPSA) is 46.1 Å². The molecule has 5 aromatic rings. The first-order chi connectivity index (χ1) is 17.3. The van der Waals surface area contributed by atoms with E-state index in [2.05, 4.69) is 34.2 Å². The molecule has 5 rings (SSSR count). The van der Waals surface area contributed by atoms with Gasteiger partial charge in [-0.15, -0.1) is 0 Å². The third-order valence-electron chi connectivity index (χ3n) is 5.90. The van der Waals surface area contributed by atoms with Crippen LogP contribution in [0.25, 0.3) is 22.5 Å². The number of carbonyl (C=O) groups is 1. The summed E-state index contributed by atoms with van der Waals surface area (Å²) in [5.41, 5.74) is 6.52. The van der Waals surface area contributed by atoms with Crippen molar-refractivity contribution in [3.05, 3.63) is 144 Å². The molecular weight excluding hydrogens is 430 g/mol. The number of pyridine rings is 2. The predicted octanol–water partition coefficient (Wildman–Crippen LogP) is 6.65. The van der Waals surface area contributed by atoms with Gasteiger partial charge in [0.2, 0.25) is 0 Å². The average molecular weight is 456 g/mol. The number of carbonyl (C=O) groups excluding carboxylic acids is 1. The second-order valence-corrected chi connectivity index (χ2v) is 8.32. The van der Waals surface area contributed by atoms with Crippen molar-refractivity contribution in [2.75, 3.05) is 0 Å². The van der Waals surface area contributed by atoms with Crippen LogP contribution in [0.15, 0.2) is 128 Å². The number of amides is 1. The number of hydrogen-bond acceptors (Lipinski definition) is 3. The minimum absolute atomic E-state index is 0.0585. The first-order valence-electron chi connectivity index (χ1n) is 11.6. The second-order valence-electron chi connectivity index (χ2n) is 8.32. The third-order valence-corrected chi connectivity index (χ3v) is 5.90. The molecule has 0 aliphatic carbocycles. The maximum Gasteiger partial charge on any atom is 0.256 e. The van der Waals surface area contributed by atoms with Crippen molar-refractivity contribution in [3.8, 4) is 22.5 Å². The smallest absolute Gasteiger partial charge is 0.256 e. The van der Waals surface area contributed by atoms with Crippen molar-refractivity contribution in [2.45, 2.75) is 13.1 Å². The number of hydrogen-bond donors (Lipinski definition) is 0. The van der Waals surface area contributed by atoms with Crippen LogP contribution >= 0.6 is 0 Å². The van der Waals surface area contributed by atoms with Crippen LogP contribution in [0.4, 0.5) is 0 Å². The zero-order chi connectivity index (χ0) is 23.9. The third kappa shape index (κ3) is 5.33. The normalized spacial score (nSPS) is 10.6. The van der Waals surface area contributed by atoms with E-state index in [1.54, 1.807) is 12.4 Å². The van der Waals surface area contributed by atoms with Gasteiger partial charge in [0, 0.05) is 25.5 Å². The van der Waals surface area contributed by atoms with Gasteiger partial charge in [-0.3, -0.25) is 14.8 Å². The van der Waals surface area contributed by atoms with E-state index >= 15 is 0 Å². The lowest BCUT2D eigenvalue weighted by Gasteiger charge is -2.24. The summed E-state index contributed by atoms with van der Waals surface area (Å²) in [6.07, 6.45) is 3.38. The van der Waals surface area contributed by atoms with E-state index in [9.17, 15) is 4.79 Å². The molecular formula is C31H25N3O. The predicted molar refractivity (Wildman–Crippen MR) is 139 cm³/mol. The SMILES string of the molecule is O=C(c1ccc(-c2ccccn2)nc1)N(Cc1ccccc1)Cc1ccccc1-c1ccccc1. The van der Waals surface area contributed by atoms with Crippen molar-refractivity contribution >= 4 is 5.91 Å². The average Bonchev–Trinajstić information content (AvgIpc) is 2.94. The zero-order valence-corrected chi connectivity index (χ0v) is 19.3. The largest absolute Gasteiger partial charge is 0.330 e. The van der Waals surface area contributed by atoms with Gasteiger partial charge in [-0.25, -0.2) is 0 Å². The molecule has 2 aromatic heterocycles.